The molecule has 0 aromatic heterocycles. The van der Waals surface area contributed by atoms with Crippen molar-refractivity contribution in [2.24, 2.45) is 0 Å². The standard InChI is InChI=1S/C20H24N2O4/c1-13-10-14(2)19(15(3)11-13)22-18(24)12-26-20(25)16-6-4-5-7-17(16)21-8-9-23/h4-7,10-11,21,23H,8-9,12H2,1-3H3,(H,22,24). The third kappa shape index (κ3) is 5.07. The highest BCUT2D eigenvalue weighted by molar-refractivity contribution is 5.99. The fourth-order valence-corrected chi connectivity index (χ4v) is 2.77. The van der Waals surface area contributed by atoms with Gasteiger partial charge in [0, 0.05) is 17.9 Å². The summed E-state index contributed by atoms with van der Waals surface area (Å²) in [5.41, 5.74) is 4.65. The lowest BCUT2D eigenvalue weighted by Crippen LogP contribution is -2.22. The van der Waals surface area contributed by atoms with Gasteiger partial charge in [-0.2, -0.15) is 0 Å². The minimum atomic E-state index is -0.599. The van der Waals surface area contributed by atoms with Crippen molar-refractivity contribution in [2.45, 2.75) is 20.8 Å². The largest absolute Gasteiger partial charge is 0.452 e. The Morgan fingerprint density at radius 3 is 2.38 bits per heavy atom. The number of benzene rings is 2. The van der Waals surface area contributed by atoms with Gasteiger partial charge in [-0.05, 0) is 44.0 Å². The number of carbonyl (C=O) groups is 2. The SMILES string of the molecule is Cc1cc(C)c(NC(=O)COC(=O)c2ccccc2NCCO)c(C)c1. The Hall–Kier alpha value is -2.86. The molecule has 6 heteroatoms. The van der Waals surface area contributed by atoms with Crippen LogP contribution in [-0.4, -0.2) is 36.7 Å². The first-order chi connectivity index (χ1) is 12.4. The normalized spacial score (nSPS) is 10.3. The molecule has 0 spiro atoms. The van der Waals surface area contributed by atoms with Crippen LogP contribution >= 0.6 is 0 Å². The van der Waals surface area contributed by atoms with E-state index in [-0.39, 0.29) is 13.2 Å². The van der Waals surface area contributed by atoms with Gasteiger partial charge in [0.1, 0.15) is 0 Å². The van der Waals surface area contributed by atoms with Gasteiger partial charge in [-0.1, -0.05) is 29.8 Å². The van der Waals surface area contributed by atoms with Gasteiger partial charge in [0.2, 0.25) is 0 Å². The molecule has 0 saturated carbocycles. The molecule has 0 heterocycles. The minimum absolute atomic E-state index is 0.0545. The Morgan fingerprint density at radius 1 is 1.08 bits per heavy atom. The van der Waals surface area contributed by atoms with Crippen molar-refractivity contribution in [1.29, 1.82) is 0 Å². The van der Waals surface area contributed by atoms with E-state index in [9.17, 15) is 9.59 Å². The van der Waals surface area contributed by atoms with Gasteiger partial charge >= 0.3 is 5.97 Å². The molecule has 26 heavy (non-hydrogen) atoms. The van der Waals surface area contributed by atoms with Gasteiger partial charge in [0.15, 0.2) is 6.61 Å². The molecule has 3 N–H and O–H groups in total. The number of amides is 1. The molecule has 0 fully saturated rings. The van der Waals surface area contributed by atoms with Crippen LogP contribution in [0.1, 0.15) is 27.0 Å². The number of aryl methyl sites for hydroxylation is 3. The fourth-order valence-electron chi connectivity index (χ4n) is 2.77. The summed E-state index contributed by atoms with van der Waals surface area (Å²) < 4.78 is 5.13. The number of carbonyl (C=O) groups excluding carboxylic acids is 2. The number of nitrogens with one attached hydrogen (secondary N) is 2. The molecule has 2 aromatic carbocycles. The second kappa shape index (κ2) is 9.01. The fraction of sp³-hybridized carbons (Fsp3) is 0.300. The van der Waals surface area contributed by atoms with E-state index in [2.05, 4.69) is 10.6 Å². The van der Waals surface area contributed by atoms with Gasteiger partial charge in [-0.3, -0.25) is 4.79 Å². The molecule has 2 aromatic rings. The van der Waals surface area contributed by atoms with E-state index in [4.69, 9.17) is 9.84 Å². The highest BCUT2D eigenvalue weighted by atomic mass is 16.5. The molecule has 0 aliphatic carbocycles. The zero-order valence-electron chi connectivity index (χ0n) is 15.3. The second-order valence-corrected chi connectivity index (χ2v) is 6.09. The predicted molar refractivity (Wildman–Crippen MR) is 102 cm³/mol. The average molecular weight is 356 g/mol. The van der Waals surface area contributed by atoms with Crippen LogP contribution in [0.25, 0.3) is 0 Å². The van der Waals surface area contributed by atoms with Gasteiger partial charge in [-0.25, -0.2) is 4.79 Å². The summed E-state index contributed by atoms with van der Waals surface area (Å²) in [6.07, 6.45) is 0. The van der Waals surface area contributed by atoms with Crippen LogP contribution in [0.3, 0.4) is 0 Å². The summed E-state index contributed by atoms with van der Waals surface area (Å²) in [7, 11) is 0. The van der Waals surface area contributed by atoms with E-state index in [1.165, 1.54) is 0 Å². The number of aliphatic hydroxyl groups is 1. The summed E-state index contributed by atoms with van der Waals surface area (Å²) in [4.78, 5) is 24.4. The van der Waals surface area contributed by atoms with Crippen molar-refractivity contribution in [3.05, 3.63) is 58.7 Å². The van der Waals surface area contributed by atoms with Crippen LogP contribution in [-0.2, 0) is 9.53 Å². The van der Waals surface area contributed by atoms with E-state index in [0.717, 1.165) is 22.4 Å². The molecule has 0 radical (unpaired) electrons. The number of ether oxygens (including phenoxy) is 1. The molecule has 0 bridgehead atoms. The summed E-state index contributed by atoms with van der Waals surface area (Å²) in [6, 6.07) is 10.8. The van der Waals surface area contributed by atoms with Crippen molar-refractivity contribution in [1.82, 2.24) is 0 Å². The van der Waals surface area contributed by atoms with E-state index in [0.29, 0.717) is 17.8 Å². The Morgan fingerprint density at radius 2 is 1.73 bits per heavy atom. The molecule has 0 aliphatic rings. The monoisotopic (exact) mass is 356 g/mol. The van der Waals surface area contributed by atoms with E-state index in [1.807, 2.05) is 32.9 Å². The molecule has 2 rings (SSSR count). The summed E-state index contributed by atoms with van der Waals surface area (Å²) >= 11 is 0. The highest BCUT2D eigenvalue weighted by Crippen LogP contribution is 2.22. The summed E-state index contributed by atoms with van der Waals surface area (Å²) in [6.45, 7) is 5.72. The van der Waals surface area contributed by atoms with Crippen LogP contribution in [0.5, 0.6) is 0 Å². The number of esters is 1. The molecule has 0 atom stereocenters. The Kier molecular flexibility index (Phi) is 6.74. The van der Waals surface area contributed by atoms with Crippen LogP contribution in [0.4, 0.5) is 11.4 Å². The van der Waals surface area contributed by atoms with Crippen LogP contribution in [0, 0.1) is 20.8 Å². The van der Waals surface area contributed by atoms with Crippen LogP contribution in [0.2, 0.25) is 0 Å². The molecule has 0 saturated heterocycles. The number of aliphatic hydroxyl groups excluding tert-OH is 1. The first-order valence-corrected chi connectivity index (χ1v) is 8.41. The number of hydrogen-bond donors (Lipinski definition) is 3. The van der Waals surface area contributed by atoms with E-state index >= 15 is 0 Å². The van der Waals surface area contributed by atoms with Gasteiger partial charge in [-0.15, -0.1) is 0 Å². The first kappa shape index (κ1) is 19.5. The summed E-state index contributed by atoms with van der Waals surface area (Å²) in [5.74, 6) is -0.993. The predicted octanol–water partition coefficient (Wildman–Crippen LogP) is 2.81. The van der Waals surface area contributed by atoms with Crippen molar-refractivity contribution in [3.8, 4) is 0 Å². The van der Waals surface area contributed by atoms with E-state index in [1.54, 1.807) is 24.3 Å². The molecule has 1 amide bonds. The van der Waals surface area contributed by atoms with Crippen LogP contribution in [0.15, 0.2) is 36.4 Å². The smallest absolute Gasteiger partial charge is 0.340 e. The molecule has 0 unspecified atom stereocenters. The van der Waals surface area contributed by atoms with Gasteiger partial charge in [0.05, 0.1) is 12.2 Å². The van der Waals surface area contributed by atoms with Gasteiger partial charge < -0.3 is 20.5 Å². The Bertz CT molecular complexity index is 779. The van der Waals surface area contributed by atoms with Crippen molar-refractivity contribution in [2.75, 3.05) is 30.4 Å². The number of rotatable bonds is 7. The lowest BCUT2D eigenvalue weighted by atomic mass is 10.1. The first-order valence-electron chi connectivity index (χ1n) is 8.41. The maximum absolute atomic E-state index is 12.3. The highest BCUT2D eigenvalue weighted by Gasteiger charge is 2.15. The number of anilines is 2. The average Bonchev–Trinajstić information content (AvgIpc) is 2.61. The lowest BCUT2D eigenvalue weighted by molar-refractivity contribution is -0.119. The molecule has 6 nitrogen and oxygen atoms in total. The molecule has 138 valence electrons. The lowest BCUT2D eigenvalue weighted by Gasteiger charge is -2.14. The second-order valence-electron chi connectivity index (χ2n) is 6.09. The molecule has 0 aliphatic heterocycles. The zero-order valence-corrected chi connectivity index (χ0v) is 15.3. The van der Waals surface area contributed by atoms with Crippen molar-refractivity contribution >= 4 is 23.3 Å². The summed E-state index contributed by atoms with van der Waals surface area (Å²) in [5, 5.41) is 14.6. The van der Waals surface area contributed by atoms with Crippen LogP contribution < -0.4 is 10.6 Å². The molecular formula is C20H24N2O4. The zero-order chi connectivity index (χ0) is 19.1. The quantitative estimate of drug-likeness (QED) is 0.664. The van der Waals surface area contributed by atoms with Crippen molar-refractivity contribution in [3.63, 3.8) is 0 Å². The number of hydrogen-bond acceptors (Lipinski definition) is 5. The van der Waals surface area contributed by atoms with E-state index < -0.39 is 11.9 Å². The third-order valence-electron chi connectivity index (χ3n) is 3.85. The van der Waals surface area contributed by atoms with Crippen molar-refractivity contribution < 1.29 is 19.4 Å². The van der Waals surface area contributed by atoms with Gasteiger partial charge in [0.25, 0.3) is 5.91 Å². The third-order valence-corrected chi connectivity index (χ3v) is 3.85. The maximum Gasteiger partial charge on any atom is 0.340 e. The molecular weight excluding hydrogens is 332 g/mol. The Labute approximate surface area is 153 Å². The Balaban J connectivity index is 1.99. The minimum Gasteiger partial charge on any atom is -0.452 e. The number of para-hydroxylation sites is 1. The maximum atomic E-state index is 12.3. The topological polar surface area (TPSA) is 87.7 Å².